The van der Waals surface area contributed by atoms with E-state index in [1.807, 2.05) is 19.9 Å². The summed E-state index contributed by atoms with van der Waals surface area (Å²) in [5, 5.41) is 2.46. The molecule has 0 atom stereocenters. The van der Waals surface area contributed by atoms with E-state index in [1.54, 1.807) is 19.1 Å². The molecule has 0 aliphatic heterocycles. The number of carbonyl (C=O) groups is 1. The lowest BCUT2D eigenvalue weighted by Gasteiger charge is -2.22. The van der Waals surface area contributed by atoms with E-state index in [-0.39, 0.29) is 17.3 Å². The molecule has 1 amide bonds. The number of amides is 1. The van der Waals surface area contributed by atoms with Gasteiger partial charge in [-0.05, 0) is 31.9 Å². The number of likely N-dealkylation sites (N-methyl/N-ethyl adjacent to an activating group) is 1. The zero-order valence-corrected chi connectivity index (χ0v) is 13.3. The summed E-state index contributed by atoms with van der Waals surface area (Å²) in [7, 11) is -2.15. The Labute approximate surface area is 121 Å². The summed E-state index contributed by atoms with van der Waals surface area (Å²) >= 11 is 0. The van der Waals surface area contributed by atoms with Gasteiger partial charge in [-0.1, -0.05) is 24.6 Å². The molecule has 0 saturated carbocycles. The molecule has 1 aromatic rings. The maximum atomic E-state index is 12.7. The van der Waals surface area contributed by atoms with E-state index in [0.717, 1.165) is 5.56 Å². The second-order valence-electron chi connectivity index (χ2n) is 4.78. The van der Waals surface area contributed by atoms with Crippen LogP contribution in [0.1, 0.15) is 24.5 Å². The summed E-state index contributed by atoms with van der Waals surface area (Å²) < 4.78 is 26.5. The molecule has 0 aromatic heterocycles. The van der Waals surface area contributed by atoms with Crippen LogP contribution < -0.4 is 5.32 Å². The molecular weight excluding hydrogens is 276 g/mol. The van der Waals surface area contributed by atoms with Crippen molar-refractivity contribution in [2.45, 2.75) is 32.1 Å². The maximum absolute atomic E-state index is 12.7. The van der Waals surface area contributed by atoms with Crippen LogP contribution in [0.5, 0.6) is 0 Å². The molecule has 5 nitrogen and oxygen atoms in total. The molecule has 0 unspecified atom stereocenters. The van der Waals surface area contributed by atoms with E-state index in [1.165, 1.54) is 11.4 Å². The highest BCUT2D eigenvalue weighted by molar-refractivity contribution is 7.89. The molecule has 0 heterocycles. The fourth-order valence-electron chi connectivity index (χ4n) is 2.00. The van der Waals surface area contributed by atoms with Crippen LogP contribution in [0.2, 0.25) is 0 Å². The lowest BCUT2D eigenvalue weighted by molar-refractivity contribution is -0.120. The monoisotopic (exact) mass is 298 g/mol. The van der Waals surface area contributed by atoms with Gasteiger partial charge in [0.05, 0.1) is 11.4 Å². The van der Waals surface area contributed by atoms with E-state index in [0.29, 0.717) is 18.5 Å². The predicted molar refractivity (Wildman–Crippen MR) is 79.0 cm³/mol. The van der Waals surface area contributed by atoms with Gasteiger partial charge in [0.15, 0.2) is 0 Å². The van der Waals surface area contributed by atoms with Crippen LogP contribution >= 0.6 is 0 Å². The van der Waals surface area contributed by atoms with Crippen molar-refractivity contribution in [3.8, 4) is 0 Å². The quantitative estimate of drug-likeness (QED) is 0.864. The minimum Gasteiger partial charge on any atom is -0.358 e. The third-order valence-electron chi connectivity index (χ3n) is 3.02. The zero-order valence-electron chi connectivity index (χ0n) is 12.4. The molecule has 0 fully saturated rings. The van der Waals surface area contributed by atoms with Crippen LogP contribution in [0.4, 0.5) is 0 Å². The minimum absolute atomic E-state index is 0.153. The van der Waals surface area contributed by atoms with Gasteiger partial charge < -0.3 is 5.32 Å². The van der Waals surface area contributed by atoms with E-state index in [4.69, 9.17) is 0 Å². The normalized spacial score (nSPS) is 11.7. The van der Waals surface area contributed by atoms with E-state index < -0.39 is 10.0 Å². The van der Waals surface area contributed by atoms with Gasteiger partial charge in [0, 0.05) is 13.6 Å². The molecule has 112 valence electrons. The smallest absolute Gasteiger partial charge is 0.243 e. The van der Waals surface area contributed by atoms with Crippen LogP contribution in [-0.2, 0) is 14.8 Å². The minimum atomic E-state index is -3.64. The van der Waals surface area contributed by atoms with Crippen molar-refractivity contribution in [1.82, 2.24) is 9.62 Å². The maximum Gasteiger partial charge on any atom is 0.243 e. The van der Waals surface area contributed by atoms with Crippen molar-refractivity contribution in [3.63, 3.8) is 0 Å². The van der Waals surface area contributed by atoms with Gasteiger partial charge in [0.2, 0.25) is 15.9 Å². The van der Waals surface area contributed by atoms with Crippen molar-refractivity contribution in [2.75, 3.05) is 20.1 Å². The summed E-state index contributed by atoms with van der Waals surface area (Å²) in [5.74, 6) is -0.313. The average molecular weight is 298 g/mol. The third-order valence-corrected chi connectivity index (χ3v) is 5.03. The largest absolute Gasteiger partial charge is 0.358 e. The molecule has 0 aliphatic carbocycles. The van der Waals surface area contributed by atoms with Gasteiger partial charge >= 0.3 is 0 Å². The topological polar surface area (TPSA) is 66.5 Å². The van der Waals surface area contributed by atoms with Crippen LogP contribution in [0.25, 0.3) is 0 Å². The van der Waals surface area contributed by atoms with Gasteiger partial charge in [0.1, 0.15) is 0 Å². The molecule has 0 bridgehead atoms. The average Bonchev–Trinajstić information content (AvgIpc) is 2.37. The molecule has 1 N–H and O–H groups in total. The van der Waals surface area contributed by atoms with Crippen LogP contribution in [0.15, 0.2) is 23.1 Å². The number of sulfonamides is 1. The Morgan fingerprint density at radius 2 is 1.95 bits per heavy atom. The van der Waals surface area contributed by atoms with Crippen molar-refractivity contribution in [3.05, 3.63) is 29.3 Å². The molecule has 0 aliphatic rings. The highest BCUT2D eigenvalue weighted by Crippen LogP contribution is 2.21. The van der Waals surface area contributed by atoms with Crippen molar-refractivity contribution in [2.24, 2.45) is 0 Å². The first-order valence-corrected chi connectivity index (χ1v) is 8.05. The second-order valence-corrected chi connectivity index (χ2v) is 6.69. The summed E-state index contributed by atoms with van der Waals surface area (Å²) in [6.45, 7) is 5.74. The first-order valence-electron chi connectivity index (χ1n) is 6.61. The Morgan fingerprint density at radius 3 is 2.45 bits per heavy atom. The number of hydrogen-bond donors (Lipinski definition) is 1. The lowest BCUT2D eigenvalue weighted by Crippen LogP contribution is -2.40. The molecule has 20 heavy (non-hydrogen) atoms. The van der Waals surface area contributed by atoms with Crippen LogP contribution in [-0.4, -0.2) is 38.8 Å². The van der Waals surface area contributed by atoms with Gasteiger partial charge in [-0.3, -0.25) is 4.79 Å². The zero-order chi connectivity index (χ0) is 15.3. The number of hydrogen-bond acceptors (Lipinski definition) is 3. The highest BCUT2D eigenvalue weighted by atomic mass is 32.2. The van der Waals surface area contributed by atoms with E-state index in [9.17, 15) is 13.2 Å². The molecule has 0 saturated heterocycles. The first-order chi connectivity index (χ1) is 9.32. The van der Waals surface area contributed by atoms with E-state index >= 15 is 0 Å². The third kappa shape index (κ3) is 3.80. The van der Waals surface area contributed by atoms with E-state index in [2.05, 4.69) is 5.32 Å². The number of carbonyl (C=O) groups excluding carboxylic acids is 1. The summed E-state index contributed by atoms with van der Waals surface area (Å²) in [5.41, 5.74) is 1.71. The summed E-state index contributed by atoms with van der Waals surface area (Å²) in [6.07, 6.45) is 0.654. The number of nitrogens with zero attached hydrogens (tertiary/aromatic N) is 1. The van der Waals surface area contributed by atoms with Crippen molar-refractivity contribution in [1.29, 1.82) is 0 Å². The van der Waals surface area contributed by atoms with Gasteiger partial charge in [-0.15, -0.1) is 0 Å². The van der Waals surface area contributed by atoms with Crippen LogP contribution in [0, 0.1) is 13.8 Å². The van der Waals surface area contributed by atoms with Gasteiger partial charge in [-0.2, -0.15) is 4.31 Å². The second kappa shape index (κ2) is 6.85. The molecule has 0 spiro atoms. The molecule has 1 aromatic carbocycles. The lowest BCUT2D eigenvalue weighted by atomic mass is 10.2. The molecular formula is C14H22N2O3S. The molecule has 6 heteroatoms. The summed E-state index contributed by atoms with van der Waals surface area (Å²) in [6, 6.07) is 5.20. The van der Waals surface area contributed by atoms with Crippen LogP contribution in [0.3, 0.4) is 0 Å². The standard InChI is InChI=1S/C14H22N2O3S/c1-5-8-16(10-14(17)15-4)20(18,19)13-7-6-11(2)9-12(13)3/h6-7,9H,5,8,10H2,1-4H3,(H,15,17). The Hall–Kier alpha value is -1.40. The fraction of sp³-hybridized carbons (Fsp3) is 0.500. The number of rotatable bonds is 6. The van der Waals surface area contributed by atoms with Crippen molar-refractivity contribution < 1.29 is 13.2 Å². The SMILES string of the molecule is CCCN(CC(=O)NC)S(=O)(=O)c1ccc(C)cc1C. The Kier molecular flexibility index (Phi) is 5.71. The Bertz CT molecular complexity index is 582. The Morgan fingerprint density at radius 1 is 1.30 bits per heavy atom. The molecule has 1 rings (SSSR count). The molecule has 0 radical (unpaired) electrons. The first kappa shape index (κ1) is 16.7. The van der Waals surface area contributed by atoms with Gasteiger partial charge in [-0.25, -0.2) is 8.42 Å². The number of nitrogens with one attached hydrogen (secondary N) is 1. The fourth-order valence-corrected chi connectivity index (χ4v) is 3.69. The highest BCUT2D eigenvalue weighted by Gasteiger charge is 2.26. The number of benzene rings is 1. The Balaban J connectivity index is 3.18. The van der Waals surface area contributed by atoms with Gasteiger partial charge in [0.25, 0.3) is 0 Å². The predicted octanol–water partition coefficient (Wildman–Crippen LogP) is 1.45. The van der Waals surface area contributed by atoms with Crippen molar-refractivity contribution >= 4 is 15.9 Å². The number of aryl methyl sites for hydroxylation is 2. The summed E-state index contributed by atoms with van der Waals surface area (Å²) in [4.78, 5) is 11.8.